The SMILES string of the molecule is CC(C)(C)c1cc(C(C)(C)C)cc(C(C)(C)C)c1.CC(C)(C)c1cc(C(C)(C)C)cc(C(C)(C)C)c1.[Gd]. The van der Waals surface area contributed by atoms with Crippen LogP contribution >= 0.6 is 0 Å². The van der Waals surface area contributed by atoms with Gasteiger partial charge in [-0.05, 0) is 65.9 Å². The first-order chi connectivity index (χ1) is 15.6. The van der Waals surface area contributed by atoms with E-state index in [4.69, 9.17) is 0 Å². The van der Waals surface area contributed by atoms with Crippen LogP contribution in [0.25, 0.3) is 0 Å². The van der Waals surface area contributed by atoms with Crippen molar-refractivity contribution in [3.05, 3.63) is 69.8 Å². The van der Waals surface area contributed by atoms with E-state index in [2.05, 4.69) is 161 Å². The van der Waals surface area contributed by atoms with Gasteiger partial charge in [-0.15, -0.1) is 0 Å². The average Bonchev–Trinajstić information content (AvgIpc) is 2.63. The van der Waals surface area contributed by atoms with Gasteiger partial charge >= 0.3 is 0 Å². The monoisotopic (exact) mass is 650 g/mol. The minimum Gasteiger partial charge on any atom is -0.0561 e. The third kappa shape index (κ3) is 11.4. The topological polar surface area (TPSA) is 0 Å². The van der Waals surface area contributed by atoms with Crippen LogP contribution in [0.3, 0.4) is 0 Å². The summed E-state index contributed by atoms with van der Waals surface area (Å²) in [4.78, 5) is 0. The molecule has 0 unspecified atom stereocenters. The predicted octanol–water partition coefficient (Wildman–Crippen LogP) is 11.2. The molecule has 2 aromatic carbocycles. The largest absolute Gasteiger partial charge is 0.0561 e. The van der Waals surface area contributed by atoms with Crippen molar-refractivity contribution in [2.24, 2.45) is 0 Å². The van der Waals surface area contributed by atoms with Gasteiger partial charge in [0.05, 0.1) is 0 Å². The number of rotatable bonds is 0. The minimum absolute atomic E-state index is 0. The fraction of sp³-hybridized carbons (Fsp3) is 0.667. The van der Waals surface area contributed by atoms with Crippen molar-refractivity contribution in [3.8, 4) is 0 Å². The average molecular weight is 650 g/mol. The molecule has 0 saturated heterocycles. The molecule has 0 nitrogen and oxygen atoms in total. The maximum Gasteiger partial charge on any atom is 0 e. The van der Waals surface area contributed by atoms with E-state index < -0.39 is 0 Å². The van der Waals surface area contributed by atoms with Gasteiger partial charge in [-0.2, -0.15) is 0 Å². The smallest absolute Gasteiger partial charge is 0 e. The Bertz CT molecular complexity index is 768. The molecule has 212 valence electrons. The molecule has 0 aliphatic rings. The van der Waals surface area contributed by atoms with Crippen LogP contribution in [-0.2, 0) is 32.5 Å². The van der Waals surface area contributed by atoms with Crippen molar-refractivity contribution in [3.63, 3.8) is 0 Å². The Morgan fingerprint density at radius 2 is 0.324 bits per heavy atom. The maximum absolute atomic E-state index is 2.38. The van der Waals surface area contributed by atoms with E-state index in [1.165, 1.54) is 33.4 Å². The Balaban J connectivity index is 0.000000682. The molecule has 0 saturated carbocycles. The Morgan fingerprint density at radius 1 is 0.243 bits per heavy atom. The summed E-state index contributed by atoms with van der Waals surface area (Å²) in [7, 11) is 0. The number of benzene rings is 2. The standard InChI is InChI=1S/2C18H30.Gd/c2*1-16(2,3)13-10-14(17(4,5)6)12-15(11-13)18(7,8)9;/h2*10-12H,1-9H3;. The number of hydrogen-bond donors (Lipinski definition) is 0. The first-order valence-corrected chi connectivity index (χ1v) is 14.0. The van der Waals surface area contributed by atoms with Crippen LogP contribution in [0.4, 0.5) is 0 Å². The van der Waals surface area contributed by atoms with E-state index in [0.717, 1.165) is 0 Å². The zero-order valence-electron chi connectivity index (χ0n) is 27.8. The molecule has 0 spiro atoms. The Kier molecular flexibility index (Phi) is 12.0. The van der Waals surface area contributed by atoms with Crippen LogP contribution in [0, 0.1) is 39.9 Å². The third-order valence-corrected chi connectivity index (χ3v) is 7.06. The maximum atomic E-state index is 2.38. The van der Waals surface area contributed by atoms with Crippen molar-refractivity contribution < 1.29 is 39.9 Å². The molecule has 0 fully saturated rings. The quantitative estimate of drug-likeness (QED) is 0.266. The zero-order chi connectivity index (χ0) is 28.7. The molecule has 0 N–H and O–H groups in total. The molecular weight excluding hydrogens is 590 g/mol. The van der Waals surface area contributed by atoms with Crippen LogP contribution in [0.15, 0.2) is 36.4 Å². The Morgan fingerprint density at radius 3 is 0.378 bits per heavy atom. The van der Waals surface area contributed by atoms with Crippen LogP contribution in [0.5, 0.6) is 0 Å². The summed E-state index contributed by atoms with van der Waals surface area (Å²) in [5.74, 6) is 0. The van der Waals surface area contributed by atoms with E-state index in [0.29, 0.717) is 0 Å². The van der Waals surface area contributed by atoms with Gasteiger partial charge in [-0.1, -0.05) is 161 Å². The van der Waals surface area contributed by atoms with E-state index >= 15 is 0 Å². The molecule has 0 aliphatic heterocycles. The zero-order valence-corrected chi connectivity index (χ0v) is 30.1. The van der Waals surface area contributed by atoms with E-state index in [1.54, 1.807) is 0 Å². The van der Waals surface area contributed by atoms with Crippen LogP contribution in [0.1, 0.15) is 158 Å². The second kappa shape index (κ2) is 12.1. The second-order valence-electron chi connectivity index (χ2n) is 17.1. The molecule has 0 radical (unpaired) electrons. The molecule has 0 bridgehead atoms. The molecule has 2 rings (SSSR count). The van der Waals surface area contributed by atoms with Gasteiger partial charge in [-0.3, -0.25) is 0 Å². The second-order valence-corrected chi connectivity index (χ2v) is 17.1. The molecule has 0 aliphatic carbocycles. The summed E-state index contributed by atoms with van der Waals surface area (Å²) < 4.78 is 0. The van der Waals surface area contributed by atoms with Gasteiger partial charge in [0.15, 0.2) is 0 Å². The molecule has 0 atom stereocenters. The van der Waals surface area contributed by atoms with E-state index in [-0.39, 0.29) is 72.4 Å². The third-order valence-electron chi connectivity index (χ3n) is 7.06. The summed E-state index contributed by atoms with van der Waals surface area (Å²) >= 11 is 0. The summed E-state index contributed by atoms with van der Waals surface area (Å²) in [6, 6.07) is 14.3. The number of hydrogen-bond acceptors (Lipinski definition) is 0. The summed E-state index contributed by atoms with van der Waals surface area (Å²) in [6.45, 7) is 41.3. The molecular formula is C36H60Gd. The summed E-state index contributed by atoms with van der Waals surface area (Å²) in [5, 5.41) is 0. The van der Waals surface area contributed by atoms with Crippen LogP contribution in [0.2, 0.25) is 0 Å². The van der Waals surface area contributed by atoms with Gasteiger partial charge in [0, 0.05) is 39.9 Å². The minimum atomic E-state index is 0. The molecule has 2 aromatic rings. The molecule has 0 aromatic heterocycles. The van der Waals surface area contributed by atoms with Crippen molar-refractivity contribution in [1.29, 1.82) is 0 Å². The van der Waals surface area contributed by atoms with Gasteiger partial charge < -0.3 is 0 Å². The van der Waals surface area contributed by atoms with Gasteiger partial charge in [0.25, 0.3) is 0 Å². The predicted molar refractivity (Wildman–Crippen MR) is 165 cm³/mol. The van der Waals surface area contributed by atoms with Gasteiger partial charge in [0.2, 0.25) is 0 Å². The van der Waals surface area contributed by atoms with Crippen molar-refractivity contribution in [2.75, 3.05) is 0 Å². The van der Waals surface area contributed by atoms with Crippen LogP contribution < -0.4 is 0 Å². The molecule has 0 heterocycles. The first kappa shape index (κ1) is 36.8. The molecule has 1 heteroatoms. The normalized spacial score (nSPS) is 13.5. The van der Waals surface area contributed by atoms with Gasteiger partial charge in [-0.25, -0.2) is 0 Å². The van der Waals surface area contributed by atoms with Crippen molar-refractivity contribution in [1.82, 2.24) is 0 Å². The van der Waals surface area contributed by atoms with E-state index in [1.807, 2.05) is 0 Å². The van der Waals surface area contributed by atoms with Gasteiger partial charge in [0.1, 0.15) is 0 Å². The van der Waals surface area contributed by atoms with Crippen molar-refractivity contribution in [2.45, 2.75) is 157 Å². The fourth-order valence-corrected chi connectivity index (χ4v) is 3.85. The summed E-state index contributed by atoms with van der Waals surface area (Å²) in [5.41, 5.74) is 9.92. The Labute approximate surface area is 264 Å². The van der Waals surface area contributed by atoms with Crippen LogP contribution in [-0.4, -0.2) is 0 Å². The molecule has 37 heavy (non-hydrogen) atoms. The first-order valence-electron chi connectivity index (χ1n) is 14.0. The summed E-state index contributed by atoms with van der Waals surface area (Å²) in [6.07, 6.45) is 0. The fourth-order valence-electron chi connectivity index (χ4n) is 3.85. The van der Waals surface area contributed by atoms with Crippen molar-refractivity contribution >= 4 is 0 Å². The molecule has 0 amide bonds. The Hall–Kier alpha value is -0.235. The van der Waals surface area contributed by atoms with E-state index in [9.17, 15) is 0 Å².